The zero-order valence-electron chi connectivity index (χ0n) is 2.33. The summed E-state index contributed by atoms with van der Waals surface area (Å²) >= 11 is 0. The van der Waals surface area contributed by atoms with Gasteiger partial charge in [0.1, 0.15) is 0 Å². The first kappa shape index (κ1) is 15.6. The zero-order chi connectivity index (χ0) is 3.58. The standard InChI is InChI=1S/BH3O3.FH.K.H/c2-1(3)4;;;/h2-4H;1H;;. The van der Waals surface area contributed by atoms with Gasteiger partial charge < -0.3 is 15.1 Å². The van der Waals surface area contributed by atoms with Crippen LogP contribution in [-0.4, -0.2) is 73.8 Å². The topological polar surface area (TPSA) is 60.7 Å². The van der Waals surface area contributed by atoms with Crippen LogP contribution in [0.2, 0.25) is 0 Å². The summed E-state index contributed by atoms with van der Waals surface area (Å²) in [6.45, 7) is 0. The van der Waals surface area contributed by atoms with E-state index in [1.165, 1.54) is 0 Å². The van der Waals surface area contributed by atoms with Gasteiger partial charge in [0.05, 0.1) is 0 Å². The number of hydrogen-bond donors (Lipinski definition) is 3. The third-order valence-corrected chi connectivity index (χ3v) is 0. The fourth-order valence-electron chi connectivity index (χ4n) is 0. The summed E-state index contributed by atoms with van der Waals surface area (Å²) in [5.41, 5.74) is 0. The molecule has 6 heteroatoms. The van der Waals surface area contributed by atoms with E-state index in [1.54, 1.807) is 0 Å². The fraction of sp³-hybridized carbons (Fsp3) is 0. The SMILES string of the molecule is F.OB(O)O.[KH]. The van der Waals surface area contributed by atoms with Crippen LogP contribution in [0, 0.1) is 0 Å². The van der Waals surface area contributed by atoms with E-state index in [4.69, 9.17) is 15.1 Å². The monoisotopic (exact) mass is 122 g/mol. The predicted octanol–water partition coefficient (Wildman–Crippen LogP) is -2.55. The van der Waals surface area contributed by atoms with Crippen LogP contribution in [0.15, 0.2) is 0 Å². The molecule has 0 fully saturated rings. The second-order valence-corrected chi connectivity index (χ2v) is 0.346. The summed E-state index contributed by atoms with van der Waals surface area (Å²) in [7, 11) is -2.17. The van der Waals surface area contributed by atoms with Crippen LogP contribution >= 0.6 is 0 Å². The van der Waals surface area contributed by atoms with E-state index in [0.717, 1.165) is 0 Å². The Labute approximate surface area is 77.3 Å². The number of hydrogen-bond acceptors (Lipinski definition) is 3. The zero-order valence-corrected chi connectivity index (χ0v) is 2.33. The van der Waals surface area contributed by atoms with E-state index < -0.39 is 7.32 Å². The Hall–Kier alpha value is 1.51. The molecule has 0 aromatic carbocycles. The molecular weight excluding hydrogens is 117 g/mol. The molecule has 0 aromatic rings. The maximum atomic E-state index is 7.17. The average molecular weight is 122 g/mol. The van der Waals surface area contributed by atoms with Gasteiger partial charge >= 0.3 is 58.7 Å². The van der Waals surface area contributed by atoms with Gasteiger partial charge in [-0.3, -0.25) is 4.70 Å². The molecule has 0 rings (SSSR count). The van der Waals surface area contributed by atoms with E-state index >= 15 is 0 Å². The van der Waals surface area contributed by atoms with Gasteiger partial charge in [-0.1, -0.05) is 0 Å². The molecule has 0 spiro atoms. The van der Waals surface area contributed by atoms with Gasteiger partial charge in [0.15, 0.2) is 0 Å². The van der Waals surface area contributed by atoms with Crippen molar-refractivity contribution in [2.75, 3.05) is 0 Å². The van der Waals surface area contributed by atoms with Gasteiger partial charge in [0.2, 0.25) is 0 Å². The van der Waals surface area contributed by atoms with Crippen LogP contribution in [0.5, 0.6) is 0 Å². The Morgan fingerprint density at radius 3 is 1.00 bits per heavy atom. The molecule has 0 atom stereocenters. The van der Waals surface area contributed by atoms with Gasteiger partial charge in [0.25, 0.3) is 0 Å². The molecule has 0 saturated heterocycles. The number of halogens is 1. The maximum absolute atomic E-state index is 7.17. The van der Waals surface area contributed by atoms with Crippen molar-refractivity contribution >= 4 is 58.7 Å². The minimum absolute atomic E-state index is 0. The number of rotatable bonds is 0. The molecule has 0 bridgehead atoms. The third kappa shape index (κ3) is 49.1. The summed E-state index contributed by atoms with van der Waals surface area (Å²) in [5.74, 6) is 0. The molecule has 0 aliphatic rings. The molecule has 3 nitrogen and oxygen atoms in total. The van der Waals surface area contributed by atoms with E-state index in [-0.39, 0.29) is 56.1 Å². The molecular formula is H5BFKO3. The molecule has 34 valence electrons. The van der Waals surface area contributed by atoms with Gasteiger partial charge in [-0.05, 0) is 0 Å². The molecule has 3 N–H and O–H groups in total. The average Bonchev–Trinajstić information content (AvgIpc) is 0.811. The molecule has 0 heterocycles. The Kier molecular flexibility index (Phi) is 25.3. The Morgan fingerprint density at radius 2 is 1.00 bits per heavy atom. The first-order valence-electron chi connectivity index (χ1n) is 0.775. The van der Waals surface area contributed by atoms with Crippen molar-refractivity contribution in [2.24, 2.45) is 0 Å². The van der Waals surface area contributed by atoms with Crippen LogP contribution < -0.4 is 0 Å². The molecule has 6 heavy (non-hydrogen) atoms. The van der Waals surface area contributed by atoms with Gasteiger partial charge in [-0.25, -0.2) is 0 Å². The van der Waals surface area contributed by atoms with Gasteiger partial charge in [0, 0.05) is 0 Å². The minimum atomic E-state index is -2.17. The van der Waals surface area contributed by atoms with Crippen LogP contribution in [0.25, 0.3) is 0 Å². The van der Waals surface area contributed by atoms with E-state index in [9.17, 15) is 0 Å². The Bertz CT molecular complexity index is 15.5. The van der Waals surface area contributed by atoms with Crippen molar-refractivity contribution in [1.29, 1.82) is 0 Å². The third-order valence-electron chi connectivity index (χ3n) is 0. The van der Waals surface area contributed by atoms with Gasteiger partial charge in [-0.2, -0.15) is 0 Å². The van der Waals surface area contributed by atoms with Crippen molar-refractivity contribution in [3.05, 3.63) is 0 Å². The normalized spacial score (nSPS) is 4.50. The molecule has 0 amide bonds. The summed E-state index contributed by atoms with van der Waals surface area (Å²) in [5, 5.41) is 21.5. The van der Waals surface area contributed by atoms with Crippen LogP contribution in [0.3, 0.4) is 0 Å². The van der Waals surface area contributed by atoms with E-state index in [2.05, 4.69) is 0 Å². The Morgan fingerprint density at radius 1 is 1.00 bits per heavy atom. The van der Waals surface area contributed by atoms with Crippen molar-refractivity contribution in [3.63, 3.8) is 0 Å². The van der Waals surface area contributed by atoms with Crippen molar-refractivity contribution in [1.82, 2.24) is 0 Å². The first-order chi connectivity index (χ1) is 1.73. The summed E-state index contributed by atoms with van der Waals surface area (Å²) in [4.78, 5) is 0. The van der Waals surface area contributed by atoms with E-state index in [1.807, 2.05) is 0 Å². The summed E-state index contributed by atoms with van der Waals surface area (Å²) in [6.07, 6.45) is 0. The molecule has 0 aromatic heterocycles. The summed E-state index contributed by atoms with van der Waals surface area (Å²) in [6, 6.07) is 0. The Balaban J connectivity index is -0.0000000450. The van der Waals surface area contributed by atoms with Gasteiger partial charge in [-0.15, -0.1) is 0 Å². The molecule has 0 saturated carbocycles. The molecule has 0 radical (unpaired) electrons. The molecule has 0 aliphatic heterocycles. The molecule has 0 aliphatic carbocycles. The van der Waals surface area contributed by atoms with E-state index in [0.29, 0.717) is 0 Å². The predicted molar refractivity (Wildman–Crippen MR) is 22.1 cm³/mol. The fourth-order valence-corrected chi connectivity index (χ4v) is 0. The second kappa shape index (κ2) is 9.72. The van der Waals surface area contributed by atoms with Crippen molar-refractivity contribution in [3.8, 4) is 0 Å². The quantitative estimate of drug-likeness (QED) is 0.310. The van der Waals surface area contributed by atoms with Crippen LogP contribution in [-0.2, 0) is 0 Å². The first-order valence-corrected chi connectivity index (χ1v) is 0.775. The molecule has 0 unspecified atom stereocenters. The summed E-state index contributed by atoms with van der Waals surface area (Å²) < 4.78 is 0. The van der Waals surface area contributed by atoms with Crippen molar-refractivity contribution in [2.45, 2.75) is 0 Å². The van der Waals surface area contributed by atoms with Crippen molar-refractivity contribution < 1.29 is 19.8 Å². The second-order valence-electron chi connectivity index (χ2n) is 0.346. The van der Waals surface area contributed by atoms with Crippen LogP contribution in [0.4, 0.5) is 4.70 Å². The van der Waals surface area contributed by atoms with Crippen LogP contribution in [0.1, 0.15) is 0 Å².